The summed E-state index contributed by atoms with van der Waals surface area (Å²) in [5.74, 6) is 0.610. The van der Waals surface area contributed by atoms with Gasteiger partial charge in [-0.15, -0.1) is 0 Å². The number of sulfonamides is 1. The predicted molar refractivity (Wildman–Crippen MR) is 109 cm³/mol. The number of piperidine rings is 1. The first-order valence-corrected chi connectivity index (χ1v) is 12.6. The summed E-state index contributed by atoms with van der Waals surface area (Å²) >= 11 is 5.60. The number of nitrogens with one attached hydrogen (secondary N) is 1. The molecule has 0 bridgehead atoms. The first-order valence-electron chi connectivity index (χ1n) is 10.7. The van der Waals surface area contributed by atoms with E-state index < -0.39 is 31.6 Å². The molecule has 1 aromatic carbocycles. The lowest BCUT2D eigenvalue weighted by molar-refractivity contribution is 0.0249. The van der Waals surface area contributed by atoms with E-state index in [1.165, 1.54) is 38.5 Å². The average molecular weight is 447 g/mol. The quantitative estimate of drug-likeness (QED) is 0.492. The van der Waals surface area contributed by atoms with Crippen LogP contribution in [0.25, 0.3) is 0 Å². The minimum Gasteiger partial charge on any atom is -0.300 e. The topological polar surface area (TPSA) is 49.4 Å². The number of halogens is 3. The summed E-state index contributed by atoms with van der Waals surface area (Å²) in [6.07, 6.45) is 9.75. The number of rotatable bonds is 7. The molecule has 4 nitrogen and oxygen atoms in total. The molecule has 1 N–H and O–H groups in total. The van der Waals surface area contributed by atoms with E-state index in [0.717, 1.165) is 43.3 Å². The van der Waals surface area contributed by atoms with Crippen LogP contribution in [0.1, 0.15) is 51.4 Å². The molecule has 0 aromatic heterocycles. The van der Waals surface area contributed by atoms with E-state index in [9.17, 15) is 17.2 Å². The highest BCUT2D eigenvalue weighted by Crippen LogP contribution is 2.50. The standard InChI is InChI=1S/C21H29ClF2N2O2S/c22-16-12-20(18(24)13-17(16)23)29(27,28)25-9-1-2-10-26-11-8-15-5-3-4-14-6-7-19(26)21(14)15/h12-15,19,21,25H,1-11H2. The highest BCUT2D eigenvalue weighted by molar-refractivity contribution is 7.89. The van der Waals surface area contributed by atoms with Crippen LogP contribution >= 0.6 is 11.6 Å². The molecule has 8 heteroatoms. The van der Waals surface area contributed by atoms with Crippen LogP contribution in [0, 0.1) is 29.4 Å². The molecule has 2 aliphatic carbocycles. The second-order valence-corrected chi connectivity index (χ2v) is 10.9. The molecular formula is C21H29ClF2N2O2S. The third kappa shape index (κ3) is 4.48. The highest BCUT2D eigenvalue weighted by Gasteiger charge is 2.47. The van der Waals surface area contributed by atoms with Gasteiger partial charge in [0.1, 0.15) is 16.5 Å². The van der Waals surface area contributed by atoms with Crippen molar-refractivity contribution in [3.63, 3.8) is 0 Å². The summed E-state index contributed by atoms with van der Waals surface area (Å²) in [6.45, 7) is 2.37. The molecule has 1 saturated heterocycles. The van der Waals surface area contributed by atoms with Gasteiger partial charge in [0.25, 0.3) is 0 Å². The maximum atomic E-state index is 13.8. The molecule has 2 saturated carbocycles. The molecule has 0 radical (unpaired) electrons. The Balaban J connectivity index is 1.25. The summed E-state index contributed by atoms with van der Waals surface area (Å²) < 4.78 is 54.1. The fraction of sp³-hybridized carbons (Fsp3) is 0.714. The van der Waals surface area contributed by atoms with Gasteiger partial charge >= 0.3 is 0 Å². The van der Waals surface area contributed by atoms with Crippen LogP contribution in [-0.2, 0) is 10.0 Å². The Morgan fingerprint density at radius 3 is 2.59 bits per heavy atom. The molecule has 1 aliphatic heterocycles. The Morgan fingerprint density at radius 1 is 1.03 bits per heavy atom. The first kappa shape index (κ1) is 21.5. The lowest BCUT2D eigenvalue weighted by atomic mass is 9.69. The SMILES string of the molecule is O=S(=O)(NCCCCN1CCC2CCCC3CCC1C32)c1cc(Cl)c(F)cc1F. The normalized spacial score (nSPS) is 29.8. The summed E-state index contributed by atoms with van der Waals surface area (Å²) in [6, 6.07) is 2.03. The molecule has 4 unspecified atom stereocenters. The molecule has 1 aromatic rings. The zero-order chi connectivity index (χ0) is 20.6. The molecule has 3 fully saturated rings. The highest BCUT2D eigenvalue weighted by atomic mass is 35.5. The first-order chi connectivity index (χ1) is 13.9. The Morgan fingerprint density at radius 2 is 1.79 bits per heavy atom. The Kier molecular flexibility index (Phi) is 6.49. The lowest BCUT2D eigenvalue weighted by Crippen LogP contribution is -2.49. The van der Waals surface area contributed by atoms with Gasteiger partial charge in [-0.2, -0.15) is 0 Å². The van der Waals surface area contributed by atoms with Crippen molar-refractivity contribution >= 4 is 21.6 Å². The molecule has 1 heterocycles. The van der Waals surface area contributed by atoms with Crippen molar-refractivity contribution in [1.82, 2.24) is 9.62 Å². The molecule has 0 amide bonds. The van der Waals surface area contributed by atoms with Crippen molar-refractivity contribution in [2.24, 2.45) is 17.8 Å². The third-order valence-corrected chi connectivity index (χ3v) is 8.97. The largest absolute Gasteiger partial charge is 0.300 e. The molecule has 3 aliphatic rings. The van der Waals surface area contributed by atoms with Crippen molar-refractivity contribution in [2.75, 3.05) is 19.6 Å². The monoisotopic (exact) mass is 446 g/mol. The van der Waals surface area contributed by atoms with Gasteiger partial charge in [-0.3, -0.25) is 0 Å². The predicted octanol–water partition coefficient (Wildman–Crippen LogP) is 4.58. The minimum absolute atomic E-state index is 0.226. The van der Waals surface area contributed by atoms with Crippen molar-refractivity contribution in [2.45, 2.75) is 62.3 Å². The van der Waals surface area contributed by atoms with Crippen LogP contribution in [0.15, 0.2) is 17.0 Å². The molecular weight excluding hydrogens is 418 g/mol. The molecule has 4 rings (SSSR count). The summed E-state index contributed by atoms with van der Waals surface area (Å²) in [4.78, 5) is 2.01. The van der Waals surface area contributed by atoms with Crippen LogP contribution in [-0.4, -0.2) is 39.0 Å². The van der Waals surface area contributed by atoms with E-state index in [2.05, 4.69) is 9.62 Å². The van der Waals surface area contributed by atoms with Gasteiger partial charge in [-0.1, -0.05) is 30.9 Å². The van der Waals surface area contributed by atoms with Crippen LogP contribution in [0.5, 0.6) is 0 Å². The van der Waals surface area contributed by atoms with Gasteiger partial charge in [0, 0.05) is 18.7 Å². The van der Waals surface area contributed by atoms with Crippen LogP contribution < -0.4 is 4.72 Å². The van der Waals surface area contributed by atoms with Crippen molar-refractivity contribution in [3.05, 3.63) is 28.8 Å². The molecule has 4 atom stereocenters. The number of unbranched alkanes of at least 4 members (excludes halogenated alkanes) is 1. The van der Waals surface area contributed by atoms with E-state index in [0.29, 0.717) is 18.5 Å². The van der Waals surface area contributed by atoms with Crippen LogP contribution in [0.2, 0.25) is 5.02 Å². The molecule has 29 heavy (non-hydrogen) atoms. The minimum atomic E-state index is -4.05. The van der Waals surface area contributed by atoms with Gasteiger partial charge < -0.3 is 4.90 Å². The number of hydrogen-bond acceptors (Lipinski definition) is 3. The fourth-order valence-electron chi connectivity index (χ4n) is 5.93. The van der Waals surface area contributed by atoms with E-state index in [4.69, 9.17) is 11.6 Å². The summed E-state index contributed by atoms with van der Waals surface area (Å²) in [5.41, 5.74) is 0. The van der Waals surface area contributed by atoms with E-state index in [1.54, 1.807) is 0 Å². The maximum Gasteiger partial charge on any atom is 0.243 e. The number of nitrogens with zero attached hydrogens (tertiary/aromatic N) is 1. The zero-order valence-electron chi connectivity index (χ0n) is 16.5. The van der Waals surface area contributed by atoms with Crippen molar-refractivity contribution < 1.29 is 17.2 Å². The average Bonchev–Trinajstić information content (AvgIpc) is 3.12. The van der Waals surface area contributed by atoms with Gasteiger partial charge in [-0.25, -0.2) is 21.9 Å². The Bertz CT molecular complexity index is 851. The summed E-state index contributed by atoms with van der Waals surface area (Å²) in [5, 5.41) is -0.409. The van der Waals surface area contributed by atoms with Gasteiger partial charge in [-0.05, 0) is 69.0 Å². The third-order valence-electron chi connectivity index (χ3n) is 7.20. The maximum absolute atomic E-state index is 13.8. The smallest absolute Gasteiger partial charge is 0.243 e. The zero-order valence-corrected chi connectivity index (χ0v) is 18.1. The Hall–Kier alpha value is -0.760. The van der Waals surface area contributed by atoms with Crippen LogP contribution in [0.4, 0.5) is 8.78 Å². The van der Waals surface area contributed by atoms with Crippen LogP contribution in [0.3, 0.4) is 0 Å². The number of likely N-dealkylation sites (tertiary alicyclic amines) is 1. The van der Waals surface area contributed by atoms with Gasteiger partial charge in [0.15, 0.2) is 0 Å². The lowest BCUT2D eigenvalue weighted by Gasteiger charge is -2.46. The number of hydrogen-bond donors (Lipinski definition) is 1. The van der Waals surface area contributed by atoms with Crippen molar-refractivity contribution in [1.29, 1.82) is 0 Å². The van der Waals surface area contributed by atoms with E-state index in [-0.39, 0.29) is 6.54 Å². The van der Waals surface area contributed by atoms with Gasteiger partial charge in [0.05, 0.1) is 5.02 Å². The second-order valence-electron chi connectivity index (χ2n) is 8.80. The van der Waals surface area contributed by atoms with E-state index in [1.807, 2.05) is 0 Å². The van der Waals surface area contributed by atoms with Crippen molar-refractivity contribution in [3.8, 4) is 0 Å². The fourth-order valence-corrected chi connectivity index (χ4v) is 7.31. The number of benzene rings is 1. The Labute approximate surface area is 177 Å². The van der Waals surface area contributed by atoms with Gasteiger partial charge in [0.2, 0.25) is 10.0 Å². The van der Waals surface area contributed by atoms with E-state index >= 15 is 0 Å². The summed E-state index contributed by atoms with van der Waals surface area (Å²) in [7, 11) is -4.05. The molecule has 0 spiro atoms. The second kappa shape index (κ2) is 8.77. The molecule has 162 valence electrons.